The van der Waals surface area contributed by atoms with Gasteiger partial charge in [0.1, 0.15) is 0 Å². The Kier molecular flexibility index (Phi) is 3.80. The maximum Gasteiger partial charge on any atom is 0.375 e. The molecular formula is C3H5BCl2. The molecule has 0 spiro atoms. The van der Waals surface area contributed by atoms with Gasteiger partial charge in [-0.15, -0.1) is 0 Å². The standard InChI is InChI=1S/C3H5BCl2/c1-2-3-4(5)6/h2-3H,1H3. The van der Waals surface area contributed by atoms with Crippen LogP contribution in [0.5, 0.6) is 0 Å². The van der Waals surface area contributed by atoms with Crippen LogP contribution in [0.2, 0.25) is 0 Å². The van der Waals surface area contributed by atoms with Crippen LogP contribution in [0.3, 0.4) is 0 Å². The SMILES string of the molecule is CC=CB(Cl)Cl. The van der Waals surface area contributed by atoms with Gasteiger partial charge in [0.25, 0.3) is 0 Å². The van der Waals surface area contributed by atoms with Crippen molar-refractivity contribution >= 4 is 28.5 Å². The summed E-state index contributed by atoms with van der Waals surface area (Å²) in [7, 11) is 0. The average molecular weight is 123 g/mol. The monoisotopic (exact) mass is 122 g/mol. The normalized spacial score (nSPS) is 9.83. The number of hydrogen-bond acceptors (Lipinski definition) is 0. The molecule has 0 atom stereocenters. The summed E-state index contributed by atoms with van der Waals surface area (Å²) in [5.74, 6) is 1.70. The van der Waals surface area contributed by atoms with Crippen molar-refractivity contribution in [2.24, 2.45) is 0 Å². The molecule has 0 radical (unpaired) electrons. The number of rotatable bonds is 1. The summed E-state index contributed by atoms with van der Waals surface area (Å²) in [6.07, 6.45) is 1.81. The molecule has 3 heteroatoms. The Morgan fingerprint density at radius 3 is 2.00 bits per heavy atom. The Balaban J connectivity index is 3.03. The Morgan fingerprint density at radius 1 is 1.50 bits per heavy atom. The molecule has 0 nitrogen and oxygen atoms in total. The van der Waals surface area contributed by atoms with Crippen molar-refractivity contribution in [3.63, 3.8) is 0 Å². The van der Waals surface area contributed by atoms with E-state index in [1.807, 2.05) is 13.0 Å². The molecule has 0 amide bonds. The van der Waals surface area contributed by atoms with Crippen LogP contribution in [0.25, 0.3) is 0 Å². The molecule has 0 fully saturated rings. The Bertz CT molecular complexity index is 50.8. The highest BCUT2D eigenvalue weighted by Gasteiger charge is 1.93. The van der Waals surface area contributed by atoms with E-state index in [0.717, 1.165) is 0 Å². The fraction of sp³-hybridized carbons (Fsp3) is 0.333. The van der Waals surface area contributed by atoms with E-state index in [1.54, 1.807) is 5.98 Å². The minimum Gasteiger partial charge on any atom is -0.165 e. The lowest BCUT2D eigenvalue weighted by Crippen LogP contribution is -1.80. The summed E-state index contributed by atoms with van der Waals surface area (Å²) >= 11 is 10.5. The van der Waals surface area contributed by atoms with Crippen LogP contribution in [0.15, 0.2) is 12.1 Å². The molecule has 0 aliphatic rings. The van der Waals surface area contributed by atoms with Gasteiger partial charge in [-0.3, -0.25) is 0 Å². The maximum atomic E-state index is 5.26. The zero-order chi connectivity index (χ0) is 4.99. The van der Waals surface area contributed by atoms with Crippen molar-refractivity contribution in [1.29, 1.82) is 0 Å². The lowest BCUT2D eigenvalue weighted by atomic mass is 10.1. The predicted molar refractivity (Wildman–Crippen MR) is 32.3 cm³/mol. The van der Waals surface area contributed by atoms with Crippen LogP contribution in [-0.4, -0.2) is 5.54 Å². The summed E-state index contributed by atoms with van der Waals surface area (Å²) in [5.41, 5.74) is -0.338. The zero-order valence-electron chi connectivity index (χ0n) is 3.49. The quantitative estimate of drug-likeness (QED) is 0.468. The van der Waals surface area contributed by atoms with Crippen molar-refractivity contribution in [3.8, 4) is 0 Å². The minimum atomic E-state index is -0.338. The molecule has 0 aromatic carbocycles. The molecule has 0 heterocycles. The summed E-state index contributed by atoms with van der Waals surface area (Å²) in [6, 6.07) is 0. The van der Waals surface area contributed by atoms with Gasteiger partial charge < -0.3 is 0 Å². The second-order valence-electron chi connectivity index (χ2n) is 0.860. The molecule has 34 valence electrons. The molecule has 0 aliphatic heterocycles. The van der Waals surface area contributed by atoms with Crippen LogP contribution >= 0.6 is 22.9 Å². The van der Waals surface area contributed by atoms with Crippen LogP contribution in [0.4, 0.5) is 0 Å². The van der Waals surface area contributed by atoms with E-state index >= 15 is 0 Å². The summed E-state index contributed by atoms with van der Waals surface area (Å²) in [4.78, 5) is 0. The lowest BCUT2D eigenvalue weighted by Gasteiger charge is -1.74. The summed E-state index contributed by atoms with van der Waals surface area (Å²) in [5, 5.41) is 0. The van der Waals surface area contributed by atoms with Crippen molar-refractivity contribution in [2.45, 2.75) is 6.92 Å². The Morgan fingerprint density at radius 2 is 2.00 bits per heavy atom. The fourth-order valence-corrected chi connectivity index (χ4v) is 0.436. The zero-order valence-corrected chi connectivity index (χ0v) is 5.00. The van der Waals surface area contributed by atoms with E-state index in [2.05, 4.69) is 0 Å². The van der Waals surface area contributed by atoms with Crippen molar-refractivity contribution < 1.29 is 0 Å². The molecule has 0 N–H and O–H groups in total. The molecule has 0 aliphatic carbocycles. The van der Waals surface area contributed by atoms with Gasteiger partial charge in [0.2, 0.25) is 0 Å². The largest absolute Gasteiger partial charge is 0.375 e. The third kappa shape index (κ3) is 4.38. The van der Waals surface area contributed by atoms with E-state index < -0.39 is 0 Å². The van der Waals surface area contributed by atoms with E-state index in [4.69, 9.17) is 22.9 Å². The first-order valence-corrected chi connectivity index (χ1v) is 2.55. The van der Waals surface area contributed by atoms with E-state index in [0.29, 0.717) is 0 Å². The molecule has 6 heavy (non-hydrogen) atoms. The second kappa shape index (κ2) is 3.57. The Hall–Kier alpha value is 0.385. The number of hydrogen-bond donors (Lipinski definition) is 0. The van der Waals surface area contributed by atoms with Crippen LogP contribution in [-0.2, 0) is 0 Å². The van der Waals surface area contributed by atoms with Crippen molar-refractivity contribution in [1.82, 2.24) is 0 Å². The molecule has 0 saturated carbocycles. The minimum absolute atomic E-state index is 0.338. The smallest absolute Gasteiger partial charge is 0.165 e. The molecule has 0 bridgehead atoms. The van der Waals surface area contributed by atoms with Gasteiger partial charge >= 0.3 is 5.54 Å². The Labute approximate surface area is 48.0 Å². The predicted octanol–water partition coefficient (Wildman–Crippen LogP) is 2.07. The highest BCUT2D eigenvalue weighted by atomic mass is 35.5. The molecule has 0 aromatic rings. The van der Waals surface area contributed by atoms with Gasteiger partial charge in [0.05, 0.1) is 0 Å². The van der Waals surface area contributed by atoms with Crippen molar-refractivity contribution in [3.05, 3.63) is 12.1 Å². The second-order valence-corrected chi connectivity index (χ2v) is 2.02. The van der Waals surface area contributed by atoms with E-state index in [1.165, 1.54) is 0 Å². The first-order valence-electron chi connectivity index (χ1n) is 1.68. The maximum absolute atomic E-state index is 5.26. The van der Waals surface area contributed by atoms with Gasteiger partial charge in [-0.2, -0.15) is 22.9 Å². The summed E-state index contributed by atoms with van der Waals surface area (Å²) < 4.78 is 0. The molecule has 0 aromatic heterocycles. The van der Waals surface area contributed by atoms with E-state index in [9.17, 15) is 0 Å². The van der Waals surface area contributed by atoms with Crippen LogP contribution in [0.1, 0.15) is 6.92 Å². The first-order chi connectivity index (χ1) is 2.77. The summed E-state index contributed by atoms with van der Waals surface area (Å²) in [6.45, 7) is 1.87. The van der Waals surface area contributed by atoms with Crippen LogP contribution in [0, 0.1) is 0 Å². The third-order valence-electron chi connectivity index (χ3n) is 0.338. The fourth-order valence-electron chi connectivity index (χ4n) is 0.145. The highest BCUT2D eigenvalue weighted by Crippen LogP contribution is 1.94. The molecule has 0 unspecified atom stereocenters. The average Bonchev–Trinajstić information content (AvgIpc) is 1.35. The van der Waals surface area contributed by atoms with Crippen LogP contribution < -0.4 is 0 Å². The molecule has 0 rings (SSSR count). The topological polar surface area (TPSA) is 0 Å². The first kappa shape index (κ1) is 6.38. The number of halogens is 2. The van der Waals surface area contributed by atoms with Gasteiger partial charge in [-0.1, -0.05) is 12.1 Å². The van der Waals surface area contributed by atoms with Gasteiger partial charge in [-0.25, -0.2) is 0 Å². The van der Waals surface area contributed by atoms with Gasteiger partial charge in [0.15, 0.2) is 0 Å². The molecule has 0 saturated heterocycles. The highest BCUT2D eigenvalue weighted by molar-refractivity contribution is 7.36. The lowest BCUT2D eigenvalue weighted by molar-refractivity contribution is 1.78. The van der Waals surface area contributed by atoms with E-state index in [-0.39, 0.29) is 5.54 Å². The number of allylic oxidation sites excluding steroid dienone is 1. The third-order valence-corrected chi connectivity index (χ3v) is 0.629. The van der Waals surface area contributed by atoms with Gasteiger partial charge in [0, 0.05) is 0 Å². The van der Waals surface area contributed by atoms with Crippen molar-refractivity contribution in [2.75, 3.05) is 0 Å². The van der Waals surface area contributed by atoms with Gasteiger partial charge in [-0.05, 0) is 6.92 Å². The molecular weight excluding hydrogens is 118 g/mol.